The van der Waals surface area contributed by atoms with E-state index in [-0.39, 0.29) is 24.2 Å². The number of methoxy groups -OCH3 is 2. The first-order valence-electron chi connectivity index (χ1n) is 9.81. The average Bonchev–Trinajstić information content (AvgIpc) is 2.78. The number of benzene rings is 2. The van der Waals surface area contributed by atoms with Crippen LogP contribution in [0.15, 0.2) is 36.4 Å². The fourth-order valence-electron chi connectivity index (χ4n) is 3.54. The van der Waals surface area contributed by atoms with Crippen LogP contribution in [0.2, 0.25) is 0 Å². The summed E-state index contributed by atoms with van der Waals surface area (Å²) in [4.78, 5) is 39.9. The van der Waals surface area contributed by atoms with Crippen molar-refractivity contribution in [1.29, 1.82) is 0 Å². The maximum Gasteiger partial charge on any atom is 0.254 e. The van der Waals surface area contributed by atoms with E-state index in [0.717, 1.165) is 0 Å². The smallest absolute Gasteiger partial charge is 0.254 e. The molecule has 3 N–H and O–H groups in total. The van der Waals surface area contributed by atoms with Crippen molar-refractivity contribution in [2.75, 3.05) is 50.6 Å². The molecule has 0 spiro atoms. The second kappa shape index (κ2) is 10.7. The number of rotatable bonds is 6. The number of nitrogens with two attached hydrogens (primary N) is 1. The number of piperazine rings is 1. The fourth-order valence-corrected chi connectivity index (χ4v) is 3.54. The van der Waals surface area contributed by atoms with Crippen LogP contribution < -0.4 is 25.4 Å². The van der Waals surface area contributed by atoms with Crippen LogP contribution in [0.1, 0.15) is 27.6 Å². The van der Waals surface area contributed by atoms with Crippen molar-refractivity contribution in [1.82, 2.24) is 4.90 Å². The Hall–Kier alpha value is -3.46. The molecule has 0 atom stereocenters. The number of amides is 3. The number of carbonyl (C=O) groups is 3. The van der Waals surface area contributed by atoms with Gasteiger partial charge in [0.25, 0.3) is 5.91 Å². The summed E-state index contributed by atoms with van der Waals surface area (Å²) in [7, 11) is 3.07. The highest BCUT2D eigenvalue weighted by Crippen LogP contribution is 2.30. The lowest BCUT2D eigenvalue weighted by molar-refractivity contribution is -0.114. The Morgan fingerprint density at radius 1 is 0.906 bits per heavy atom. The van der Waals surface area contributed by atoms with Crippen LogP contribution >= 0.6 is 12.4 Å². The second-order valence-electron chi connectivity index (χ2n) is 7.13. The van der Waals surface area contributed by atoms with Crippen molar-refractivity contribution in [2.45, 2.75) is 6.92 Å². The molecule has 1 aliphatic heterocycles. The molecule has 1 saturated heterocycles. The lowest BCUT2D eigenvalue weighted by Crippen LogP contribution is -2.49. The molecule has 0 saturated carbocycles. The monoisotopic (exact) mass is 462 g/mol. The largest absolute Gasteiger partial charge is 0.493 e. The van der Waals surface area contributed by atoms with E-state index >= 15 is 0 Å². The first-order valence-corrected chi connectivity index (χ1v) is 9.81. The molecule has 0 bridgehead atoms. The quantitative estimate of drug-likeness (QED) is 0.679. The Bertz CT molecular complexity index is 1010. The SMILES string of the molecule is COc1ccc(C(=O)N2CCN(c3cc(C(N)=O)ccc3NC(C)=O)CC2)cc1OC.Cl. The number of hydrogen-bond donors (Lipinski definition) is 2. The molecule has 0 aromatic heterocycles. The van der Waals surface area contributed by atoms with Crippen molar-refractivity contribution >= 4 is 41.5 Å². The van der Waals surface area contributed by atoms with Crippen molar-refractivity contribution < 1.29 is 23.9 Å². The Balaban J connectivity index is 0.00000363. The first-order chi connectivity index (χ1) is 14.8. The molecule has 1 heterocycles. The van der Waals surface area contributed by atoms with Crippen molar-refractivity contribution in [2.24, 2.45) is 5.73 Å². The van der Waals surface area contributed by atoms with Gasteiger partial charge < -0.3 is 30.3 Å². The third kappa shape index (κ3) is 5.42. The molecule has 0 radical (unpaired) electrons. The van der Waals surface area contributed by atoms with Gasteiger partial charge in [-0.1, -0.05) is 0 Å². The molecule has 0 aliphatic carbocycles. The predicted molar refractivity (Wildman–Crippen MR) is 124 cm³/mol. The van der Waals surface area contributed by atoms with Crippen LogP contribution in [0.3, 0.4) is 0 Å². The van der Waals surface area contributed by atoms with E-state index in [4.69, 9.17) is 15.2 Å². The summed E-state index contributed by atoms with van der Waals surface area (Å²) in [6, 6.07) is 9.99. The molecule has 32 heavy (non-hydrogen) atoms. The van der Waals surface area contributed by atoms with E-state index in [2.05, 4.69) is 5.32 Å². The number of carbonyl (C=O) groups excluding carboxylic acids is 3. The van der Waals surface area contributed by atoms with E-state index in [0.29, 0.717) is 60.2 Å². The van der Waals surface area contributed by atoms with Crippen LogP contribution in [-0.4, -0.2) is 63.0 Å². The average molecular weight is 463 g/mol. The van der Waals surface area contributed by atoms with E-state index in [1.54, 1.807) is 48.4 Å². The van der Waals surface area contributed by atoms with Gasteiger partial charge in [-0.2, -0.15) is 0 Å². The summed E-state index contributed by atoms with van der Waals surface area (Å²) >= 11 is 0. The van der Waals surface area contributed by atoms with Crippen molar-refractivity contribution in [3.8, 4) is 11.5 Å². The number of hydrogen-bond acceptors (Lipinski definition) is 6. The minimum atomic E-state index is -0.544. The van der Waals surface area contributed by atoms with Gasteiger partial charge in [-0.05, 0) is 36.4 Å². The summed E-state index contributed by atoms with van der Waals surface area (Å²) in [5.74, 6) is 0.195. The van der Waals surface area contributed by atoms with Crippen molar-refractivity contribution in [3.63, 3.8) is 0 Å². The number of nitrogens with one attached hydrogen (secondary N) is 1. The highest BCUT2D eigenvalue weighted by Gasteiger charge is 2.25. The highest BCUT2D eigenvalue weighted by molar-refractivity contribution is 5.98. The molecule has 10 heteroatoms. The lowest BCUT2D eigenvalue weighted by atomic mass is 10.1. The minimum absolute atomic E-state index is 0. The molecule has 3 rings (SSSR count). The van der Waals surface area contributed by atoms with Gasteiger partial charge in [0.2, 0.25) is 11.8 Å². The number of anilines is 2. The minimum Gasteiger partial charge on any atom is -0.493 e. The molecule has 1 aliphatic rings. The van der Waals surface area contributed by atoms with E-state index < -0.39 is 5.91 Å². The fraction of sp³-hybridized carbons (Fsp3) is 0.318. The summed E-state index contributed by atoms with van der Waals surface area (Å²) in [5.41, 5.74) is 7.58. The summed E-state index contributed by atoms with van der Waals surface area (Å²) < 4.78 is 10.5. The third-order valence-electron chi connectivity index (χ3n) is 5.13. The van der Waals surface area contributed by atoms with Gasteiger partial charge in [0, 0.05) is 44.2 Å². The molecule has 2 aromatic carbocycles. The normalized spacial score (nSPS) is 13.1. The van der Waals surface area contributed by atoms with E-state index in [1.807, 2.05) is 4.90 Å². The van der Waals surface area contributed by atoms with Crippen LogP contribution in [0.4, 0.5) is 11.4 Å². The topological polar surface area (TPSA) is 114 Å². The summed E-state index contributed by atoms with van der Waals surface area (Å²) in [6.07, 6.45) is 0. The molecule has 1 fully saturated rings. The van der Waals surface area contributed by atoms with Crippen LogP contribution in [0.5, 0.6) is 11.5 Å². The number of primary amides is 1. The van der Waals surface area contributed by atoms with E-state index in [9.17, 15) is 14.4 Å². The lowest BCUT2D eigenvalue weighted by Gasteiger charge is -2.37. The van der Waals surface area contributed by atoms with Gasteiger partial charge in [0.1, 0.15) is 0 Å². The zero-order valence-corrected chi connectivity index (χ0v) is 19.0. The van der Waals surface area contributed by atoms with Gasteiger partial charge in [-0.15, -0.1) is 12.4 Å². The highest BCUT2D eigenvalue weighted by atomic mass is 35.5. The Labute approximate surface area is 192 Å². The predicted octanol–water partition coefficient (Wildman–Crippen LogP) is 2.15. The number of ether oxygens (including phenoxy) is 2. The summed E-state index contributed by atoms with van der Waals surface area (Å²) in [5, 5.41) is 2.78. The van der Waals surface area contributed by atoms with Crippen LogP contribution in [0, 0.1) is 0 Å². The van der Waals surface area contributed by atoms with Gasteiger partial charge in [-0.3, -0.25) is 14.4 Å². The molecular formula is C22H27ClN4O5. The Morgan fingerprint density at radius 2 is 1.53 bits per heavy atom. The molecule has 3 amide bonds. The molecule has 0 unspecified atom stereocenters. The number of nitrogens with zero attached hydrogens (tertiary/aromatic N) is 2. The van der Waals surface area contributed by atoms with Gasteiger partial charge >= 0.3 is 0 Å². The standard InChI is InChI=1S/C22H26N4O5.ClH/c1-14(27)24-17-6-4-15(21(23)28)12-18(17)25-8-10-26(11-9-25)22(29)16-5-7-19(30-2)20(13-16)31-3;/h4-7,12-13H,8-11H2,1-3H3,(H2,23,28)(H,24,27);1H. The first kappa shape index (κ1) is 24.8. The Morgan fingerprint density at radius 3 is 2.09 bits per heavy atom. The maximum atomic E-state index is 13.0. The van der Waals surface area contributed by atoms with Crippen LogP contribution in [-0.2, 0) is 4.79 Å². The van der Waals surface area contributed by atoms with Gasteiger partial charge in [0.15, 0.2) is 11.5 Å². The third-order valence-corrected chi connectivity index (χ3v) is 5.13. The summed E-state index contributed by atoms with van der Waals surface area (Å²) in [6.45, 7) is 3.45. The van der Waals surface area contributed by atoms with Gasteiger partial charge in [0.05, 0.1) is 25.6 Å². The van der Waals surface area contributed by atoms with Gasteiger partial charge in [-0.25, -0.2) is 0 Å². The maximum absolute atomic E-state index is 13.0. The molecule has 172 valence electrons. The van der Waals surface area contributed by atoms with Crippen molar-refractivity contribution in [3.05, 3.63) is 47.5 Å². The molecular weight excluding hydrogens is 436 g/mol. The van der Waals surface area contributed by atoms with E-state index in [1.165, 1.54) is 14.0 Å². The second-order valence-corrected chi connectivity index (χ2v) is 7.13. The molecule has 9 nitrogen and oxygen atoms in total. The zero-order valence-electron chi connectivity index (χ0n) is 18.2. The number of halogens is 1. The Kier molecular flexibility index (Phi) is 8.31. The zero-order chi connectivity index (χ0) is 22.5. The van der Waals surface area contributed by atoms with Crippen LogP contribution in [0.25, 0.3) is 0 Å². The molecule has 2 aromatic rings.